The van der Waals surface area contributed by atoms with Gasteiger partial charge in [0.05, 0.1) is 17.6 Å². The van der Waals surface area contributed by atoms with Crippen LogP contribution in [0.25, 0.3) is 0 Å². The molecule has 0 spiro atoms. The highest BCUT2D eigenvalue weighted by Crippen LogP contribution is 2.08. The summed E-state index contributed by atoms with van der Waals surface area (Å²) in [5.74, 6) is 1.93. The Balaban J connectivity index is 3.56. The third kappa shape index (κ3) is 17.1. The highest BCUT2D eigenvalue weighted by atomic mass is 32.2. The quantitative estimate of drug-likeness (QED) is 0.354. The maximum absolute atomic E-state index is 11.9. The van der Waals surface area contributed by atoms with E-state index < -0.39 is 27.7 Å². The van der Waals surface area contributed by atoms with Gasteiger partial charge >= 0.3 is 0 Å². The van der Waals surface area contributed by atoms with E-state index >= 15 is 0 Å². The van der Waals surface area contributed by atoms with Crippen LogP contribution in [0.5, 0.6) is 0 Å². The molecule has 146 valence electrons. The molecule has 0 bridgehead atoms. The summed E-state index contributed by atoms with van der Waals surface area (Å²) in [6, 6.07) is 0. The van der Waals surface area contributed by atoms with E-state index in [1.807, 2.05) is 0 Å². The van der Waals surface area contributed by atoms with Gasteiger partial charge in [-0.1, -0.05) is 78.1 Å². The molecule has 0 aromatic carbocycles. The molecule has 0 saturated heterocycles. The number of aliphatic hydroxyl groups is 1. The minimum atomic E-state index is -0.969. The van der Waals surface area contributed by atoms with Crippen molar-refractivity contribution in [2.45, 2.75) is 97.0 Å². The van der Waals surface area contributed by atoms with Gasteiger partial charge in [0.1, 0.15) is 0 Å². The zero-order chi connectivity index (χ0) is 18.0. The summed E-state index contributed by atoms with van der Waals surface area (Å²) in [6.07, 6.45) is 13.6. The Morgan fingerprint density at radius 2 is 0.958 bits per heavy atom. The van der Waals surface area contributed by atoms with Crippen LogP contribution < -0.4 is 0 Å². The van der Waals surface area contributed by atoms with Crippen LogP contribution in [0.15, 0.2) is 0 Å². The summed E-state index contributed by atoms with van der Waals surface area (Å²) in [6.45, 7) is 4.40. The minimum absolute atomic E-state index is 0.289. The molecule has 0 fully saturated rings. The predicted octanol–water partition coefficient (Wildman–Crippen LogP) is 4.57. The van der Waals surface area contributed by atoms with Crippen molar-refractivity contribution >= 4 is 21.6 Å². The molecule has 0 aliphatic carbocycles. The van der Waals surface area contributed by atoms with Crippen molar-refractivity contribution in [3.63, 3.8) is 0 Å². The molecule has 5 heteroatoms. The number of hydrogen-bond acceptors (Lipinski definition) is 3. The van der Waals surface area contributed by atoms with E-state index in [1.165, 1.54) is 51.4 Å². The number of rotatable bonds is 18. The lowest BCUT2D eigenvalue weighted by atomic mass is 10.1. The van der Waals surface area contributed by atoms with Gasteiger partial charge in [-0.05, 0) is 12.8 Å². The normalized spacial score (nSPS) is 15.3. The van der Waals surface area contributed by atoms with Crippen molar-refractivity contribution in [3.05, 3.63) is 0 Å². The smallest absolute Gasteiger partial charge is 0.0770 e. The molecule has 0 aliphatic rings. The van der Waals surface area contributed by atoms with Crippen molar-refractivity contribution < 1.29 is 13.5 Å². The third-order valence-corrected chi connectivity index (χ3v) is 7.21. The lowest BCUT2D eigenvalue weighted by molar-refractivity contribution is 0.223. The van der Waals surface area contributed by atoms with Crippen molar-refractivity contribution in [1.29, 1.82) is 0 Å². The van der Waals surface area contributed by atoms with Gasteiger partial charge in [-0.25, -0.2) is 0 Å². The number of aliphatic hydroxyl groups excluding tert-OH is 1. The number of unbranched alkanes of at least 4 members (excludes halogenated alkanes) is 10. The van der Waals surface area contributed by atoms with Gasteiger partial charge in [-0.15, -0.1) is 0 Å². The predicted molar refractivity (Wildman–Crippen MR) is 109 cm³/mol. The van der Waals surface area contributed by atoms with E-state index in [4.69, 9.17) is 0 Å². The minimum Gasteiger partial charge on any atom is -0.391 e. The fraction of sp³-hybridized carbons (Fsp3) is 1.00. The zero-order valence-electron chi connectivity index (χ0n) is 16.0. The summed E-state index contributed by atoms with van der Waals surface area (Å²) >= 11 is 0. The number of hydrogen-bond donors (Lipinski definition) is 1. The van der Waals surface area contributed by atoms with Crippen molar-refractivity contribution in [2.24, 2.45) is 0 Å². The van der Waals surface area contributed by atoms with E-state index in [9.17, 15) is 13.5 Å². The first-order valence-electron chi connectivity index (χ1n) is 9.98. The highest BCUT2D eigenvalue weighted by molar-refractivity contribution is 7.86. The molecule has 3 nitrogen and oxygen atoms in total. The molecule has 0 heterocycles. The first kappa shape index (κ1) is 24.3. The molecule has 0 aliphatic heterocycles. The molecule has 0 rings (SSSR count). The molecule has 24 heavy (non-hydrogen) atoms. The van der Waals surface area contributed by atoms with Crippen LogP contribution >= 0.6 is 0 Å². The van der Waals surface area contributed by atoms with Crippen molar-refractivity contribution in [1.82, 2.24) is 0 Å². The summed E-state index contributed by atoms with van der Waals surface area (Å²) < 4.78 is 23.9. The largest absolute Gasteiger partial charge is 0.391 e. The second-order valence-electron chi connectivity index (χ2n) is 6.81. The standard InChI is InChI=1S/C19H40O3S2/c1-3-5-7-9-11-13-15-23(21)17-19(20)18-24(22)16-14-12-10-8-6-4-2/h19-20H,3-18H2,1-2H3/t19?,23-,24+. The summed E-state index contributed by atoms with van der Waals surface area (Å²) in [4.78, 5) is 0. The van der Waals surface area contributed by atoms with Crippen molar-refractivity contribution in [3.8, 4) is 0 Å². The molecule has 0 radical (unpaired) electrons. The molecule has 3 atom stereocenters. The van der Waals surface area contributed by atoms with Gasteiger partial charge in [-0.3, -0.25) is 8.42 Å². The zero-order valence-corrected chi connectivity index (χ0v) is 17.6. The topological polar surface area (TPSA) is 54.4 Å². The monoisotopic (exact) mass is 380 g/mol. The summed E-state index contributed by atoms with van der Waals surface area (Å²) in [7, 11) is -1.94. The van der Waals surface area contributed by atoms with Crippen LogP contribution in [0.3, 0.4) is 0 Å². The Morgan fingerprint density at radius 1 is 0.625 bits per heavy atom. The average Bonchev–Trinajstić information content (AvgIpc) is 2.53. The molecule has 0 amide bonds. The Hall–Kier alpha value is 0.260. The molecule has 1 N–H and O–H groups in total. The average molecular weight is 381 g/mol. The van der Waals surface area contributed by atoms with E-state index in [0.717, 1.165) is 25.7 Å². The molecular weight excluding hydrogens is 340 g/mol. The fourth-order valence-corrected chi connectivity index (χ4v) is 5.36. The summed E-state index contributed by atoms with van der Waals surface area (Å²) in [5, 5.41) is 9.95. The van der Waals surface area contributed by atoms with Gasteiger partial charge in [0.2, 0.25) is 0 Å². The lowest BCUT2D eigenvalue weighted by Crippen LogP contribution is -2.25. The van der Waals surface area contributed by atoms with E-state index in [0.29, 0.717) is 11.5 Å². The first-order chi connectivity index (χ1) is 11.6. The molecule has 1 unspecified atom stereocenters. The molecule has 0 aromatic rings. The highest BCUT2D eigenvalue weighted by Gasteiger charge is 2.13. The second kappa shape index (κ2) is 18.1. The maximum Gasteiger partial charge on any atom is 0.0770 e. The van der Waals surface area contributed by atoms with Crippen LogP contribution in [0.2, 0.25) is 0 Å². The summed E-state index contributed by atoms with van der Waals surface area (Å²) in [5.41, 5.74) is 0. The van der Waals surface area contributed by atoms with E-state index in [2.05, 4.69) is 13.8 Å². The van der Waals surface area contributed by atoms with Crippen LogP contribution in [-0.4, -0.2) is 42.6 Å². The van der Waals surface area contributed by atoms with Crippen LogP contribution in [0.1, 0.15) is 90.9 Å². The van der Waals surface area contributed by atoms with Gasteiger partial charge in [0, 0.05) is 33.1 Å². The van der Waals surface area contributed by atoms with Gasteiger partial charge < -0.3 is 5.11 Å². The maximum atomic E-state index is 11.9. The second-order valence-corrected chi connectivity index (χ2v) is 10.1. The Labute approximate surface area is 155 Å². The van der Waals surface area contributed by atoms with Gasteiger partial charge in [-0.2, -0.15) is 0 Å². The molecular formula is C19H40O3S2. The lowest BCUT2D eigenvalue weighted by Gasteiger charge is -2.10. The fourth-order valence-electron chi connectivity index (χ4n) is 2.73. The van der Waals surface area contributed by atoms with Crippen LogP contribution in [0.4, 0.5) is 0 Å². The third-order valence-electron chi connectivity index (χ3n) is 4.21. The Bertz CT molecular complexity index is 292. The first-order valence-corrected chi connectivity index (χ1v) is 13.0. The molecule has 0 aromatic heterocycles. The van der Waals surface area contributed by atoms with Crippen molar-refractivity contribution in [2.75, 3.05) is 23.0 Å². The Kier molecular flexibility index (Phi) is 18.3. The molecule has 0 saturated carbocycles. The van der Waals surface area contributed by atoms with Crippen LogP contribution in [0, 0.1) is 0 Å². The van der Waals surface area contributed by atoms with Gasteiger partial charge in [0.25, 0.3) is 0 Å². The Morgan fingerprint density at radius 3 is 1.33 bits per heavy atom. The van der Waals surface area contributed by atoms with Gasteiger partial charge in [0.15, 0.2) is 0 Å². The van der Waals surface area contributed by atoms with E-state index in [-0.39, 0.29) is 11.5 Å². The SMILES string of the molecule is CCCCCCCC[S@@](=O)CC(O)C[S@@](=O)CCCCCCCC. The van der Waals surface area contributed by atoms with E-state index in [1.54, 1.807) is 0 Å². The van der Waals surface area contributed by atoms with Crippen LogP contribution in [-0.2, 0) is 21.6 Å².